The van der Waals surface area contributed by atoms with Gasteiger partial charge in [0, 0.05) is 6.42 Å². The molecule has 6 nitrogen and oxygen atoms in total. The van der Waals surface area contributed by atoms with E-state index in [1.165, 1.54) is 17.3 Å². The lowest BCUT2D eigenvalue weighted by Crippen LogP contribution is -2.41. The number of nitrogens with one attached hydrogen (secondary N) is 2. The number of para-hydroxylation sites is 1. The maximum absolute atomic E-state index is 13.2. The first-order valence-corrected chi connectivity index (χ1v) is 10.3. The minimum absolute atomic E-state index is 0.136. The number of fused-ring (bicyclic) bond motifs is 1. The Balaban J connectivity index is 1.68. The molecule has 3 aromatic rings. The van der Waals surface area contributed by atoms with Gasteiger partial charge in [-0.2, -0.15) is 0 Å². The molecular weight excluding hydrogens is 394 g/mol. The quantitative estimate of drug-likeness (QED) is 0.670. The predicted molar refractivity (Wildman–Crippen MR) is 112 cm³/mol. The van der Waals surface area contributed by atoms with Gasteiger partial charge in [-0.05, 0) is 24.6 Å². The van der Waals surface area contributed by atoms with Gasteiger partial charge >= 0.3 is 0 Å². The van der Waals surface area contributed by atoms with Crippen LogP contribution in [0.1, 0.15) is 29.9 Å². The van der Waals surface area contributed by atoms with E-state index in [4.69, 9.17) is 11.6 Å². The molecule has 8 heteroatoms. The lowest BCUT2D eigenvalue weighted by molar-refractivity contribution is -0.116. The Bertz CT molecular complexity index is 1000. The number of nitrogens with zero attached hydrogens (tertiary/aromatic N) is 3. The first kappa shape index (κ1) is 18.8. The second kappa shape index (κ2) is 7.85. The molecule has 1 aromatic heterocycles. The van der Waals surface area contributed by atoms with Gasteiger partial charge in [0.2, 0.25) is 11.1 Å². The van der Waals surface area contributed by atoms with Crippen LogP contribution < -0.4 is 10.7 Å². The zero-order valence-electron chi connectivity index (χ0n) is 15.5. The summed E-state index contributed by atoms with van der Waals surface area (Å²) < 4.78 is 1.88. The zero-order chi connectivity index (χ0) is 19.7. The van der Waals surface area contributed by atoms with Crippen LogP contribution in [0, 0.1) is 6.92 Å². The largest absolute Gasteiger partial charge is 0.324 e. The Hall–Kier alpha value is -2.51. The van der Waals surface area contributed by atoms with Crippen molar-refractivity contribution in [2.45, 2.75) is 36.7 Å². The molecule has 0 fully saturated rings. The highest BCUT2D eigenvalue weighted by Gasteiger charge is 2.37. The number of halogens is 1. The van der Waals surface area contributed by atoms with E-state index in [2.05, 4.69) is 20.9 Å². The molecule has 28 heavy (non-hydrogen) atoms. The van der Waals surface area contributed by atoms with E-state index in [-0.39, 0.29) is 11.9 Å². The van der Waals surface area contributed by atoms with Crippen LogP contribution in [0.3, 0.4) is 0 Å². The lowest BCUT2D eigenvalue weighted by atomic mass is 10.0. The molecule has 0 spiro atoms. The molecule has 0 saturated heterocycles. The number of hydrogen-bond donors (Lipinski definition) is 2. The smallest absolute Gasteiger partial charge is 0.240 e. The summed E-state index contributed by atoms with van der Waals surface area (Å²) in [4.78, 5) is 13.2. The van der Waals surface area contributed by atoms with Gasteiger partial charge in [0.1, 0.15) is 5.25 Å². The van der Waals surface area contributed by atoms with Gasteiger partial charge in [-0.15, -0.1) is 10.2 Å². The number of hydrogen-bond acceptors (Lipinski definition) is 5. The summed E-state index contributed by atoms with van der Waals surface area (Å²) in [6.45, 7) is 4.07. The van der Waals surface area contributed by atoms with Crippen LogP contribution in [0.2, 0.25) is 5.02 Å². The van der Waals surface area contributed by atoms with Gasteiger partial charge in [0.05, 0.1) is 16.8 Å². The predicted octanol–water partition coefficient (Wildman–Crippen LogP) is 4.20. The van der Waals surface area contributed by atoms with Gasteiger partial charge in [-0.25, -0.2) is 4.68 Å². The fraction of sp³-hybridized carbons (Fsp3) is 0.250. The summed E-state index contributed by atoms with van der Waals surface area (Å²) in [5.74, 6) is 0.702. The summed E-state index contributed by atoms with van der Waals surface area (Å²) in [5, 5.41) is 12.2. The average molecular weight is 414 g/mol. The van der Waals surface area contributed by atoms with Crippen molar-refractivity contribution in [3.8, 4) is 0 Å². The monoisotopic (exact) mass is 413 g/mol. The minimum atomic E-state index is -0.430. The Morgan fingerprint density at radius 1 is 1.21 bits per heavy atom. The van der Waals surface area contributed by atoms with E-state index in [1.807, 2.05) is 54.9 Å². The van der Waals surface area contributed by atoms with Gasteiger partial charge in [0.15, 0.2) is 5.82 Å². The number of rotatable bonds is 4. The molecule has 2 aromatic carbocycles. The maximum atomic E-state index is 13.2. The number of carbonyl (C=O) groups excluding carboxylic acids is 1. The molecule has 144 valence electrons. The summed E-state index contributed by atoms with van der Waals surface area (Å²) in [5.41, 5.74) is 6.23. The fourth-order valence-corrected chi connectivity index (χ4v) is 4.40. The standard InChI is InChI=1S/C20H20ClN5OS/c1-3-16-23-24-20-26(16)25-17(13-10-8-12(2)9-11-13)18(28-20)19(27)22-15-7-5-4-6-14(15)21/h4-11,17-18,25H,3H2,1-2H3,(H,22,27). The minimum Gasteiger partial charge on any atom is -0.324 e. The number of anilines is 1. The summed E-state index contributed by atoms with van der Waals surface area (Å²) in [6.07, 6.45) is 0.748. The fourth-order valence-electron chi connectivity index (χ4n) is 3.12. The molecule has 0 bridgehead atoms. The molecular formula is C20H20ClN5OS. The molecule has 2 heterocycles. The van der Waals surface area contributed by atoms with Gasteiger partial charge in [-0.3, -0.25) is 4.79 Å². The Morgan fingerprint density at radius 3 is 2.68 bits per heavy atom. The van der Waals surface area contributed by atoms with Crippen LogP contribution in [0.15, 0.2) is 53.7 Å². The number of benzene rings is 2. The Morgan fingerprint density at radius 2 is 1.96 bits per heavy atom. The molecule has 2 atom stereocenters. The van der Waals surface area contributed by atoms with Crippen LogP contribution in [0.5, 0.6) is 0 Å². The summed E-state index contributed by atoms with van der Waals surface area (Å²) in [7, 11) is 0. The van der Waals surface area contributed by atoms with Crippen molar-refractivity contribution in [3.05, 3.63) is 70.5 Å². The molecule has 1 amide bonds. The second-order valence-corrected chi connectivity index (χ2v) is 8.13. The van der Waals surface area contributed by atoms with Gasteiger partial charge in [0.25, 0.3) is 0 Å². The molecule has 1 aliphatic heterocycles. The highest BCUT2D eigenvalue weighted by atomic mass is 35.5. The third-order valence-electron chi connectivity index (χ3n) is 4.65. The van der Waals surface area contributed by atoms with Crippen molar-refractivity contribution in [1.29, 1.82) is 0 Å². The topological polar surface area (TPSA) is 71.8 Å². The molecule has 2 unspecified atom stereocenters. The van der Waals surface area contributed by atoms with E-state index in [9.17, 15) is 4.79 Å². The molecule has 2 N–H and O–H groups in total. The first-order valence-electron chi connectivity index (χ1n) is 9.06. The van der Waals surface area contributed by atoms with E-state index >= 15 is 0 Å². The van der Waals surface area contributed by atoms with Crippen molar-refractivity contribution in [3.63, 3.8) is 0 Å². The van der Waals surface area contributed by atoms with Crippen LogP contribution >= 0.6 is 23.4 Å². The molecule has 0 aliphatic carbocycles. The Kier molecular flexibility index (Phi) is 5.28. The number of aryl methyl sites for hydroxylation is 2. The maximum Gasteiger partial charge on any atom is 0.240 e. The van der Waals surface area contributed by atoms with Crippen LogP contribution in [0.25, 0.3) is 0 Å². The summed E-state index contributed by atoms with van der Waals surface area (Å²) >= 11 is 7.62. The second-order valence-electron chi connectivity index (χ2n) is 6.61. The average Bonchev–Trinajstić information content (AvgIpc) is 3.11. The number of carbonyl (C=O) groups is 1. The zero-order valence-corrected chi connectivity index (χ0v) is 17.1. The van der Waals surface area contributed by atoms with Crippen molar-refractivity contribution in [2.24, 2.45) is 0 Å². The van der Waals surface area contributed by atoms with Crippen LogP contribution in [-0.4, -0.2) is 26.0 Å². The highest BCUT2D eigenvalue weighted by molar-refractivity contribution is 8.00. The number of amides is 1. The van der Waals surface area contributed by atoms with E-state index in [1.54, 1.807) is 12.1 Å². The molecule has 0 saturated carbocycles. The van der Waals surface area contributed by atoms with E-state index in [0.717, 1.165) is 17.8 Å². The SMILES string of the molecule is CCc1nnc2n1NC(c1ccc(C)cc1)C(C(=O)Nc1ccccc1Cl)S2. The summed E-state index contributed by atoms with van der Waals surface area (Å²) in [6, 6.07) is 15.2. The number of thioether (sulfide) groups is 1. The van der Waals surface area contributed by atoms with Crippen LogP contribution in [-0.2, 0) is 11.2 Å². The van der Waals surface area contributed by atoms with Gasteiger partial charge < -0.3 is 10.7 Å². The lowest BCUT2D eigenvalue weighted by Gasteiger charge is -2.33. The van der Waals surface area contributed by atoms with Crippen molar-refractivity contribution in [2.75, 3.05) is 10.7 Å². The molecule has 0 radical (unpaired) electrons. The molecule has 1 aliphatic rings. The first-order chi connectivity index (χ1) is 13.6. The van der Waals surface area contributed by atoms with Crippen LogP contribution in [0.4, 0.5) is 5.69 Å². The Labute approximate surface area is 172 Å². The van der Waals surface area contributed by atoms with E-state index in [0.29, 0.717) is 15.9 Å². The van der Waals surface area contributed by atoms with Crippen molar-refractivity contribution < 1.29 is 4.79 Å². The number of aromatic nitrogens is 3. The van der Waals surface area contributed by atoms with Gasteiger partial charge in [-0.1, -0.05) is 72.2 Å². The van der Waals surface area contributed by atoms with Crippen molar-refractivity contribution >= 4 is 35.0 Å². The highest BCUT2D eigenvalue weighted by Crippen LogP contribution is 2.38. The third kappa shape index (κ3) is 3.59. The van der Waals surface area contributed by atoms with Crippen molar-refractivity contribution in [1.82, 2.24) is 14.9 Å². The molecule has 4 rings (SSSR count). The normalized spacial score (nSPS) is 18.2. The van der Waals surface area contributed by atoms with E-state index < -0.39 is 5.25 Å². The third-order valence-corrected chi connectivity index (χ3v) is 6.19.